The number of hydrogen-bond donors (Lipinski definition) is 1. The second-order valence-corrected chi connectivity index (χ2v) is 6.94. The first-order valence-electron chi connectivity index (χ1n) is 8.25. The van der Waals surface area contributed by atoms with Gasteiger partial charge in [-0.1, -0.05) is 30.9 Å². The van der Waals surface area contributed by atoms with Crippen LogP contribution in [0.15, 0.2) is 18.2 Å². The molecule has 1 aromatic rings. The van der Waals surface area contributed by atoms with Crippen LogP contribution in [0.4, 0.5) is 5.69 Å². The van der Waals surface area contributed by atoms with Crippen LogP contribution in [0.3, 0.4) is 0 Å². The minimum Gasteiger partial charge on any atom is -0.398 e. The first-order chi connectivity index (χ1) is 10.1. The van der Waals surface area contributed by atoms with E-state index >= 15 is 0 Å². The van der Waals surface area contributed by atoms with Crippen LogP contribution in [0.2, 0.25) is 0 Å². The van der Waals surface area contributed by atoms with Gasteiger partial charge in [-0.15, -0.1) is 0 Å². The first kappa shape index (κ1) is 14.4. The first-order valence-corrected chi connectivity index (χ1v) is 8.25. The van der Waals surface area contributed by atoms with Crippen molar-refractivity contribution in [3.8, 4) is 0 Å². The summed E-state index contributed by atoms with van der Waals surface area (Å²) in [5.41, 5.74) is 8.89. The monoisotopic (exact) mass is 286 g/mol. The fraction of sp³-hybridized carbons (Fsp3) is 0.611. The van der Waals surface area contributed by atoms with Crippen molar-refractivity contribution in [3.63, 3.8) is 0 Å². The van der Waals surface area contributed by atoms with Gasteiger partial charge in [-0.05, 0) is 50.2 Å². The molecule has 1 aliphatic carbocycles. The lowest BCUT2D eigenvalue weighted by atomic mass is 9.68. The number of nitrogens with zero attached hydrogens (tertiary/aromatic N) is 1. The third kappa shape index (κ3) is 2.92. The van der Waals surface area contributed by atoms with Gasteiger partial charge in [0.25, 0.3) is 5.91 Å². The predicted molar refractivity (Wildman–Crippen MR) is 86.2 cm³/mol. The van der Waals surface area contributed by atoms with Crippen molar-refractivity contribution in [1.82, 2.24) is 4.90 Å². The average molecular weight is 286 g/mol. The van der Waals surface area contributed by atoms with Gasteiger partial charge in [0.1, 0.15) is 0 Å². The maximum atomic E-state index is 12.7. The number of carbonyl (C=O) groups excluding carboxylic acids is 1. The van der Waals surface area contributed by atoms with Gasteiger partial charge < -0.3 is 10.6 Å². The maximum absolute atomic E-state index is 12.7. The molecule has 0 atom stereocenters. The van der Waals surface area contributed by atoms with E-state index in [4.69, 9.17) is 5.73 Å². The predicted octanol–water partition coefficient (Wildman–Crippen LogP) is 3.76. The van der Waals surface area contributed by atoms with Crippen molar-refractivity contribution < 1.29 is 4.79 Å². The Balaban J connectivity index is 1.69. The number of anilines is 1. The standard InChI is InChI=1S/C18H26N2O/c1-14-5-6-16(19)15(13-14)17(21)20-11-9-18(10-12-20)7-3-2-4-8-18/h5-6,13H,2-4,7-12,19H2,1H3. The summed E-state index contributed by atoms with van der Waals surface area (Å²) in [6.45, 7) is 3.79. The van der Waals surface area contributed by atoms with Gasteiger partial charge in [0.2, 0.25) is 0 Å². The zero-order chi connectivity index (χ0) is 14.9. The van der Waals surface area contributed by atoms with Crippen molar-refractivity contribution >= 4 is 11.6 Å². The number of amides is 1. The summed E-state index contributed by atoms with van der Waals surface area (Å²) >= 11 is 0. The highest BCUT2D eigenvalue weighted by Crippen LogP contribution is 2.44. The maximum Gasteiger partial charge on any atom is 0.255 e. The Labute approximate surface area is 127 Å². The number of hydrogen-bond acceptors (Lipinski definition) is 2. The lowest BCUT2D eigenvalue weighted by molar-refractivity contribution is 0.0473. The number of benzene rings is 1. The van der Waals surface area contributed by atoms with Crippen molar-refractivity contribution in [2.24, 2.45) is 5.41 Å². The molecule has 3 nitrogen and oxygen atoms in total. The molecule has 3 rings (SSSR count). The number of aryl methyl sites for hydroxylation is 1. The SMILES string of the molecule is Cc1ccc(N)c(C(=O)N2CCC3(CCCCC3)CC2)c1. The zero-order valence-corrected chi connectivity index (χ0v) is 13.0. The van der Waals surface area contributed by atoms with E-state index in [0.717, 1.165) is 18.7 Å². The Bertz CT molecular complexity index is 522. The number of nitrogen functional groups attached to an aromatic ring is 1. The van der Waals surface area contributed by atoms with E-state index in [-0.39, 0.29) is 5.91 Å². The summed E-state index contributed by atoms with van der Waals surface area (Å²) in [6, 6.07) is 5.72. The lowest BCUT2D eigenvalue weighted by Gasteiger charge is -2.44. The van der Waals surface area contributed by atoms with E-state index in [1.165, 1.54) is 44.9 Å². The van der Waals surface area contributed by atoms with E-state index in [0.29, 0.717) is 16.7 Å². The zero-order valence-electron chi connectivity index (χ0n) is 13.0. The van der Waals surface area contributed by atoms with Gasteiger partial charge in [-0.3, -0.25) is 4.79 Å². The minimum absolute atomic E-state index is 0.113. The fourth-order valence-electron chi connectivity index (χ4n) is 4.01. The molecule has 1 spiro atoms. The summed E-state index contributed by atoms with van der Waals surface area (Å²) in [5, 5.41) is 0. The number of piperidine rings is 1. The number of carbonyl (C=O) groups is 1. The van der Waals surface area contributed by atoms with Crippen LogP contribution in [-0.2, 0) is 0 Å². The van der Waals surface area contributed by atoms with E-state index < -0.39 is 0 Å². The van der Waals surface area contributed by atoms with Crippen LogP contribution in [0.25, 0.3) is 0 Å². The Morgan fingerprint density at radius 3 is 2.43 bits per heavy atom. The third-order valence-corrected chi connectivity index (χ3v) is 5.46. The molecule has 21 heavy (non-hydrogen) atoms. The molecule has 1 heterocycles. The summed E-state index contributed by atoms with van der Waals surface area (Å²) in [7, 11) is 0. The second kappa shape index (κ2) is 5.70. The van der Waals surface area contributed by atoms with Crippen molar-refractivity contribution in [2.45, 2.75) is 51.9 Å². The van der Waals surface area contributed by atoms with E-state index in [2.05, 4.69) is 0 Å². The molecule has 1 amide bonds. The Morgan fingerprint density at radius 1 is 1.10 bits per heavy atom. The van der Waals surface area contributed by atoms with Crippen LogP contribution in [0, 0.1) is 12.3 Å². The van der Waals surface area contributed by atoms with Crippen molar-refractivity contribution in [2.75, 3.05) is 18.8 Å². The molecular weight excluding hydrogens is 260 g/mol. The molecule has 114 valence electrons. The average Bonchev–Trinajstić information content (AvgIpc) is 2.51. The Kier molecular flexibility index (Phi) is 3.92. The molecule has 0 radical (unpaired) electrons. The molecule has 0 bridgehead atoms. The Morgan fingerprint density at radius 2 is 1.76 bits per heavy atom. The topological polar surface area (TPSA) is 46.3 Å². The van der Waals surface area contributed by atoms with Crippen LogP contribution in [-0.4, -0.2) is 23.9 Å². The minimum atomic E-state index is 0.113. The highest BCUT2D eigenvalue weighted by molar-refractivity contribution is 5.99. The molecule has 2 N–H and O–H groups in total. The van der Waals surface area contributed by atoms with Crippen molar-refractivity contribution in [3.05, 3.63) is 29.3 Å². The molecule has 0 aromatic heterocycles. The molecule has 1 aromatic carbocycles. The third-order valence-electron chi connectivity index (χ3n) is 5.46. The Hall–Kier alpha value is -1.51. The van der Waals surface area contributed by atoms with E-state index in [9.17, 15) is 4.79 Å². The molecule has 0 unspecified atom stereocenters. The summed E-state index contributed by atoms with van der Waals surface area (Å²) < 4.78 is 0. The van der Waals surface area contributed by atoms with E-state index in [1.807, 2.05) is 30.0 Å². The summed E-state index contributed by atoms with van der Waals surface area (Å²) in [6.07, 6.45) is 9.21. The van der Waals surface area contributed by atoms with Crippen LogP contribution < -0.4 is 5.73 Å². The molecule has 2 fully saturated rings. The van der Waals surface area contributed by atoms with Gasteiger partial charge in [-0.2, -0.15) is 0 Å². The second-order valence-electron chi connectivity index (χ2n) is 6.94. The van der Waals surface area contributed by atoms with Gasteiger partial charge in [0.15, 0.2) is 0 Å². The molecule has 1 aliphatic heterocycles. The summed E-state index contributed by atoms with van der Waals surface area (Å²) in [5.74, 6) is 0.113. The number of rotatable bonds is 1. The molecule has 2 aliphatic rings. The van der Waals surface area contributed by atoms with Gasteiger partial charge in [0.05, 0.1) is 5.56 Å². The van der Waals surface area contributed by atoms with Crippen molar-refractivity contribution in [1.29, 1.82) is 0 Å². The highest BCUT2D eigenvalue weighted by Gasteiger charge is 2.36. The number of likely N-dealkylation sites (tertiary alicyclic amines) is 1. The highest BCUT2D eigenvalue weighted by atomic mass is 16.2. The van der Waals surface area contributed by atoms with Crippen LogP contribution in [0.5, 0.6) is 0 Å². The summed E-state index contributed by atoms with van der Waals surface area (Å²) in [4.78, 5) is 14.7. The normalized spacial score (nSPS) is 21.5. The fourth-order valence-corrected chi connectivity index (χ4v) is 4.01. The molecule has 3 heteroatoms. The smallest absolute Gasteiger partial charge is 0.255 e. The van der Waals surface area contributed by atoms with Crippen LogP contribution >= 0.6 is 0 Å². The van der Waals surface area contributed by atoms with Crippen LogP contribution in [0.1, 0.15) is 60.9 Å². The van der Waals surface area contributed by atoms with Gasteiger partial charge >= 0.3 is 0 Å². The number of nitrogens with two attached hydrogens (primary N) is 1. The molecule has 1 saturated carbocycles. The van der Waals surface area contributed by atoms with E-state index in [1.54, 1.807) is 0 Å². The lowest BCUT2D eigenvalue weighted by Crippen LogP contribution is -2.44. The quantitative estimate of drug-likeness (QED) is 0.799. The van der Waals surface area contributed by atoms with Gasteiger partial charge in [0, 0.05) is 18.8 Å². The molecular formula is C18H26N2O. The largest absolute Gasteiger partial charge is 0.398 e. The molecule has 1 saturated heterocycles. The van der Waals surface area contributed by atoms with Gasteiger partial charge in [-0.25, -0.2) is 0 Å².